The highest BCUT2D eigenvalue weighted by Gasteiger charge is 2.72. The predicted molar refractivity (Wildman–Crippen MR) is 162 cm³/mol. The Kier molecular flexibility index (Phi) is 7.22. The minimum absolute atomic E-state index is 0.0762. The molecule has 1 aromatic rings. The van der Waals surface area contributed by atoms with E-state index in [1.807, 2.05) is 0 Å². The summed E-state index contributed by atoms with van der Waals surface area (Å²) in [6.07, 6.45) is 9.41. The Bertz CT molecular complexity index is 1290. The molecule has 43 heavy (non-hydrogen) atoms. The normalized spacial score (nSPS) is 45.0. The summed E-state index contributed by atoms with van der Waals surface area (Å²) < 4.78 is 33.8. The molecule has 0 heterocycles. The highest BCUT2D eigenvalue weighted by atomic mass is 19.1. The third kappa shape index (κ3) is 4.22. The number of halogens is 2. The van der Waals surface area contributed by atoms with E-state index in [1.165, 1.54) is 0 Å². The maximum absolute atomic E-state index is 13.9. The average Bonchev–Trinajstić information content (AvgIpc) is 3.32. The van der Waals surface area contributed by atoms with Gasteiger partial charge < -0.3 is 9.84 Å². The van der Waals surface area contributed by atoms with Crippen molar-refractivity contribution >= 4 is 11.9 Å². The molecule has 5 aliphatic rings. The smallest absolute Gasteiger partial charge is 0.338 e. The van der Waals surface area contributed by atoms with Gasteiger partial charge in [0.25, 0.3) is 0 Å². The van der Waals surface area contributed by atoms with E-state index in [0.717, 1.165) is 82.4 Å². The van der Waals surface area contributed by atoms with E-state index in [1.54, 1.807) is 0 Å². The van der Waals surface area contributed by atoms with E-state index in [4.69, 9.17) is 4.74 Å². The zero-order valence-corrected chi connectivity index (χ0v) is 27.3. The van der Waals surface area contributed by atoms with Crippen molar-refractivity contribution in [2.24, 2.45) is 62.6 Å². The number of benzene rings is 1. The van der Waals surface area contributed by atoms with Crippen LogP contribution < -0.4 is 0 Å². The second-order valence-corrected chi connectivity index (χ2v) is 17.0. The van der Waals surface area contributed by atoms with Crippen molar-refractivity contribution in [1.82, 2.24) is 0 Å². The summed E-state index contributed by atoms with van der Waals surface area (Å²) in [5.41, 5.74) is -0.628. The van der Waals surface area contributed by atoms with E-state index in [0.29, 0.717) is 29.6 Å². The van der Waals surface area contributed by atoms with Gasteiger partial charge in [-0.25, -0.2) is 13.6 Å². The van der Waals surface area contributed by atoms with Gasteiger partial charge in [0.1, 0.15) is 17.7 Å². The Hall–Kier alpha value is -1.98. The lowest BCUT2D eigenvalue weighted by Gasteiger charge is -2.72. The molecule has 0 radical (unpaired) electrons. The van der Waals surface area contributed by atoms with Crippen LogP contribution >= 0.6 is 0 Å². The summed E-state index contributed by atoms with van der Waals surface area (Å²) in [5.74, 6) is -0.238. The Morgan fingerprint density at radius 2 is 1.49 bits per heavy atom. The predicted octanol–water partition coefficient (Wildman–Crippen LogP) is 9.31. The van der Waals surface area contributed by atoms with E-state index in [9.17, 15) is 23.5 Å². The number of rotatable bonds is 4. The Morgan fingerprint density at radius 3 is 2.12 bits per heavy atom. The lowest BCUT2D eigenvalue weighted by atomic mass is 9.32. The maximum Gasteiger partial charge on any atom is 0.338 e. The van der Waals surface area contributed by atoms with Gasteiger partial charge in [-0.05, 0) is 128 Å². The lowest BCUT2D eigenvalue weighted by molar-refractivity contribution is -0.249. The number of carboxylic acid groups (broad SMARTS) is 1. The second kappa shape index (κ2) is 10.0. The first-order valence-electron chi connectivity index (χ1n) is 16.9. The molecule has 0 bridgehead atoms. The standard InChI is InChI=1S/C37H52F2O4/c1-21(2)25-10-15-37(32(41)42)17-16-35(6)26(30(25)37)8-9-28-34(5)13-12-29(33(3,4)27(34)11-14-36(28,35)7)43-31(40)22-18-23(38)20-24(39)19-22/h18-21,25-30H,8-17H2,1-7H3,(H,41,42)/t25-,26+,27-,28?,29?,30?,34-,35+,36+,37?/m0/s1. The fourth-order valence-corrected chi connectivity index (χ4v) is 12.8. The molecule has 4 unspecified atom stereocenters. The molecule has 0 aliphatic heterocycles. The minimum atomic E-state index is -0.779. The number of carboxylic acids is 1. The van der Waals surface area contributed by atoms with Gasteiger partial charge in [-0.1, -0.05) is 48.5 Å². The van der Waals surface area contributed by atoms with E-state index >= 15 is 0 Å². The molecule has 1 aromatic carbocycles. The topological polar surface area (TPSA) is 63.6 Å². The summed E-state index contributed by atoms with van der Waals surface area (Å²) in [7, 11) is 0. The van der Waals surface area contributed by atoms with Gasteiger partial charge >= 0.3 is 11.9 Å². The molecular formula is C37H52F2O4. The van der Waals surface area contributed by atoms with Crippen LogP contribution in [0.15, 0.2) is 18.2 Å². The average molecular weight is 599 g/mol. The monoisotopic (exact) mass is 598 g/mol. The summed E-state index contributed by atoms with van der Waals surface area (Å²) in [6, 6.07) is 2.87. The molecule has 0 amide bonds. The number of carbonyl (C=O) groups is 2. The first-order valence-corrected chi connectivity index (χ1v) is 16.9. The SMILES string of the molecule is CC(C)[C@@H]1CCC2(C(=O)O)CC[C@]3(C)[C@H](CCC4[C@@]5(C)CCC(OC(=O)c6cc(F)cc(F)c6)C(C)(C)[C@@H]5CC[C@]43C)C12. The Labute approximate surface area is 256 Å². The van der Waals surface area contributed by atoms with Crippen molar-refractivity contribution in [3.8, 4) is 0 Å². The number of hydrogen-bond acceptors (Lipinski definition) is 3. The number of aliphatic carboxylic acids is 1. The molecule has 5 saturated carbocycles. The Balaban J connectivity index is 1.28. The molecule has 10 atom stereocenters. The molecule has 0 aromatic heterocycles. The molecule has 0 saturated heterocycles. The number of hydrogen-bond donors (Lipinski definition) is 1. The fraction of sp³-hybridized carbons (Fsp3) is 0.784. The van der Waals surface area contributed by atoms with Crippen LogP contribution in [0.25, 0.3) is 0 Å². The van der Waals surface area contributed by atoms with Crippen LogP contribution in [0, 0.1) is 74.2 Å². The maximum atomic E-state index is 13.9. The van der Waals surface area contributed by atoms with E-state index in [2.05, 4.69) is 48.5 Å². The van der Waals surface area contributed by atoms with Gasteiger partial charge in [-0.15, -0.1) is 0 Å². The van der Waals surface area contributed by atoms with Gasteiger partial charge in [-0.3, -0.25) is 4.79 Å². The fourth-order valence-electron chi connectivity index (χ4n) is 12.8. The Morgan fingerprint density at radius 1 is 0.814 bits per heavy atom. The largest absolute Gasteiger partial charge is 0.481 e. The number of carbonyl (C=O) groups excluding carboxylic acids is 1. The molecule has 0 spiro atoms. The highest BCUT2D eigenvalue weighted by Crippen LogP contribution is 2.77. The van der Waals surface area contributed by atoms with Gasteiger partial charge in [0.05, 0.1) is 11.0 Å². The third-order valence-corrected chi connectivity index (χ3v) is 15.1. The third-order valence-electron chi connectivity index (χ3n) is 15.1. The molecule has 1 N–H and O–H groups in total. The second-order valence-electron chi connectivity index (χ2n) is 17.0. The molecule has 238 valence electrons. The van der Waals surface area contributed by atoms with Crippen molar-refractivity contribution in [1.29, 1.82) is 0 Å². The quantitative estimate of drug-likeness (QED) is 0.351. The number of esters is 1. The first-order chi connectivity index (χ1) is 20.0. The van der Waals surface area contributed by atoms with Crippen LogP contribution in [0.1, 0.15) is 123 Å². The summed E-state index contributed by atoms with van der Waals surface area (Å²) in [6.45, 7) is 16.6. The summed E-state index contributed by atoms with van der Waals surface area (Å²) >= 11 is 0. The molecule has 5 aliphatic carbocycles. The molecule has 5 fully saturated rings. The minimum Gasteiger partial charge on any atom is -0.481 e. The van der Waals surface area contributed by atoms with Gasteiger partial charge in [0, 0.05) is 11.5 Å². The zero-order valence-electron chi connectivity index (χ0n) is 27.3. The van der Waals surface area contributed by atoms with Crippen molar-refractivity contribution in [3.63, 3.8) is 0 Å². The van der Waals surface area contributed by atoms with Crippen LogP contribution in [0.2, 0.25) is 0 Å². The lowest BCUT2D eigenvalue weighted by Crippen LogP contribution is -2.67. The number of ether oxygens (including phenoxy) is 1. The molecule has 6 rings (SSSR count). The highest BCUT2D eigenvalue weighted by molar-refractivity contribution is 5.89. The molecule has 4 nitrogen and oxygen atoms in total. The number of fused-ring (bicyclic) bond motifs is 7. The van der Waals surface area contributed by atoms with Crippen molar-refractivity contribution in [3.05, 3.63) is 35.4 Å². The van der Waals surface area contributed by atoms with Crippen molar-refractivity contribution in [2.75, 3.05) is 0 Å². The van der Waals surface area contributed by atoms with Crippen LogP contribution in [0.5, 0.6) is 0 Å². The van der Waals surface area contributed by atoms with Crippen molar-refractivity contribution < 1.29 is 28.2 Å². The van der Waals surface area contributed by atoms with Crippen LogP contribution in [0.4, 0.5) is 8.78 Å². The van der Waals surface area contributed by atoms with Crippen LogP contribution in [-0.4, -0.2) is 23.1 Å². The summed E-state index contributed by atoms with van der Waals surface area (Å²) in [5, 5.41) is 10.6. The molecular weight excluding hydrogens is 546 g/mol. The van der Waals surface area contributed by atoms with E-state index < -0.39 is 29.0 Å². The zero-order chi connectivity index (χ0) is 31.3. The summed E-state index contributed by atoms with van der Waals surface area (Å²) in [4.78, 5) is 26.0. The molecule has 6 heteroatoms. The van der Waals surface area contributed by atoms with Gasteiger partial charge in [0.15, 0.2) is 0 Å². The van der Waals surface area contributed by atoms with Crippen molar-refractivity contribution in [2.45, 2.75) is 119 Å². The van der Waals surface area contributed by atoms with Crippen LogP contribution in [-0.2, 0) is 9.53 Å². The first kappa shape index (κ1) is 31.0. The van der Waals surface area contributed by atoms with Gasteiger partial charge in [-0.2, -0.15) is 0 Å². The van der Waals surface area contributed by atoms with Gasteiger partial charge in [0.2, 0.25) is 0 Å². The van der Waals surface area contributed by atoms with E-state index in [-0.39, 0.29) is 39.2 Å². The van der Waals surface area contributed by atoms with Crippen LogP contribution in [0.3, 0.4) is 0 Å².